The van der Waals surface area contributed by atoms with E-state index in [2.05, 4.69) is 5.32 Å². The molecule has 1 N–H and O–H groups in total. The predicted octanol–water partition coefficient (Wildman–Crippen LogP) is 3.95. The molecule has 2 radical (unpaired) electrons. The fourth-order valence-electron chi connectivity index (χ4n) is 3.10. The van der Waals surface area contributed by atoms with E-state index in [0.717, 1.165) is 28.1 Å². The number of rotatable bonds is 5. The van der Waals surface area contributed by atoms with Gasteiger partial charge in [0.25, 0.3) is 5.24 Å². The van der Waals surface area contributed by atoms with Crippen molar-refractivity contribution in [1.29, 1.82) is 0 Å². The van der Waals surface area contributed by atoms with Gasteiger partial charge in [-0.3, -0.25) is 14.9 Å². The third-order valence-corrected chi connectivity index (χ3v) is 5.55. The molecule has 2 amide bonds. The molecule has 1 saturated heterocycles. The van der Waals surface area contributed by atoms with Crippen molar-refractivity contribution in [3.8, 4) is 5.75 Å². The molecule has 0 unspecified atom stereocenters. The molecule has 1 fully saturated rings. The van der Waals surface area contributed by atoms with Gasteiger partial charge in [-0.25, -0.2) is 4.39 Å². The Balaban J connectivity index is 1.50. The summed E-state index contributed by atoms with van der Waals surface area (Å²) >= 11 is 0.812. The van der Waals surface area contributed by atoms with Crippen molar-refractivity contribution < 1.29 is 18.7 Å². The monoisotopic (exact) mass is 391 g/mol. The zero-order chi connectivity index (χ0) is 19.7. The van der Waals surface area contributed by atoms with Gasteiger partial charge in [0.05, 0.1) is 4.65 Å². The normalized spacial score (nSPS) is 19.0. The van der Waals surface area contributed by atoms with Gasteiger partial charge in [0.1, 0.15) is 26.0 Å². The first kappa shape index (κ1) is 18.6. The smallest absolute Gasteiger partial charge is 0.285 e. The number of halogens is 1. The number of carbonyl (C=O) groups excluding carboxylic acids is 2. The molecule has 1 heterocycles. The van der Waals surface area contributed by atoms with Gasteiger partial charge >= 0.3 is 0 Å². The fourth-order valence-corrected chi connectivity index (χ4v) is 3.96. The number of ether oxygens (including phenoxy) is 1. The van der Waals surface area contributed by atoms with E-state index in [9.17, 15) is 14.0 Å². The molecule has 1 aliphatic heterocycles. The second-order valence-electron chi connectivity index (χ2n) is 6.63. The van der Waals surface area contributed by atoms with E-state index in [1.165, 1.54) is 6.07 Å². The largest absolute Gasteiger partial charge is 0.489 e. The van der Waals surface area contributed by atoms with Crippen LogP contribution in [0, 0.1) is 5.82 Å². The maximum Gasteiger partial charge on any atom is 0.285 e. The topological polar surface area (TPSA) is 55.4 Å². The second-order valence-corrected chi connectivity index (χ2v) is 7.94. The number of hydrogen-bond acceptors (Lipinski definition) is 4. The Morgan fingerprint density at radius 3 is 2.54 bits per heavy atom. The van der Waals surface area contributed by atoms with Crippen LogP contribution in [0.3, 0.4) is 0 Å². The number of thioether (sulfide) groups is 1. The third-order valence-electron chi connectivity index (χ3n) is 4.57. The van der Waals surface area contributed by atoms with Crippen LogP contribution in [0.1, 0.15) is 11.1 Å². The third kappa shape index (κ3) is 3.75. The van der Waals surface area contributed by atoms with E-state index >= 15 is 0 Å². The maximum atomic E-state index is 13.7. The predicted molar refractivity (Wildman–Crippen MR) is 108 cm³/mol. The van der Waals surface area contributed by atoms with Gasteiger partial charge in [-0.2, -0.15) is 0 Å². The van der Waals surface area contributed by atoms with E-state index in [-0.39, 0.29) is 18.8 Å². The summed E-state index contributed by atoms with van der Waals surface area (Å²) in [6.45, 7) is 0.145. The Kier molecular flexibility index (Phi) is 4.85. The number of nitrogens with one attached hydrogen (secondary N) is 1. The van der Waals surface area contributed by atoms with Crippen molar-refractivity contribution in [3.05, 3.63) is 77.6 Å². The number of carbonyl (C=O) groups is 2. The lowest BCUT2D eigenvalue weighted by atomic mass is 9.80. The number of fused-ring (bicyclic) bond motifs is 1. The molecule has 1 atom stereocenters. The summed E-state index contributed by atoms with van der Waals surface area (Å²) in [6.07, 6.45) is 0.247. The minimum atomic E-state index is -1.28. The molecular formula is C21H15BFNO3S. The fraction of sp³-hybridized carbons (Fsp3) is 0.143. The van der Waals surface area contributed by atoms with E-state index in [0.29, 0.717) is 11.3 Å². The quantitative estimate of drug-likeness (QED) is 0.670. The lowest BCUT2D eigenvalue weighted by Crippen LogP contribution is -2.38. The highest BCUT2D eigenvalue weighted by molar-refractivity contribution is 8.17. The summed E-state index contributed by atoms with van der Waals surface area (Å²) in [6, 6.07) is 17.8. The molecule has 0 spiro atoms. The van der Waals surface area contributed by atoms with E-state index in [1.54, 1.807) is 18.2 Å². The molecule has 138 valence electrons. The molecular weight excluding hydrogens is 376 g/mol. The van der Waals surface area contributed by atoms with Crippen LogP contribution in [-0.2, 0) is 17.8 Å². The summed E-state index contributed by atoms with van der Waals surface area (Å²) < 4.78 is 18.1. The minimum Gasteiger partial charge on any atom is -0.489 e. The van der Waals surface area contributed by atoms with E-state index < -0.39 is 15.8 Å². The second kappa shape index (κ2) is 7.32. The average Bonchev–Trinajstić information content (AvgIpc) is 2.92. The number of amides is 2. The highest BCUT2D eigenvalue weighted by atomic mass is 32.2. The van der Waals surface area contributed by atoms with Gasteiger partial charge in [0.15, 0.2) is 0 Å². The van der Waals surface area contributed by atoms with Gasteiger partial charge in [-0.1, -0.05) is 54.2 Å². The number of benzene rings is 3. The van der Waals surface area contributed by atoms with Crippen LogP contribution in [0.25, 0.3) is 10.8 Å². The van der Waals surface area contributed by atoms with Crippen molar-refractivity contribution >= 4 is 41.5 Å². The van der Waals surface area contributed by atoms with Crippen LogP contribution in [-0.4, -0.2) is 23.6 Å². The summed E-state index contributed by atoms with van der Waals surface area (Å²) in [5.41, 5.74) is 1.35. The maximum absolute atomic E-state index is 13.7. The Morgan fingerprint density at radius 2 is 1.79 bits per heavy atom. The lowest BCUT2D eigenvalue weighted by molar-refractivity contribution is -0.119. The van der Waals surface area contributed by atoms with Gasteiger partial charge in [0.2, 0.25) is 5.91 Å². The van der Waals surface area contributed by atoms with E-state index in [4.69, 9.17) is 12.6 Å². The Labute approximate surface area is 166 Å². The summed E-state index contributed by atoms with van der Waals surface area (Å²) in [4.78, 5) is 23.3. The van der Waals surface area contributed by atoms with Gasteiger partial charge in [0, 0.05) is 5.56 Å². The highest BCUT2D eigenvalue weighted by Gasteiger charge is 2.42. The van der Waals surface area contributed by atoms with Crippen LogP contribution in [0.4, 0.5) is 9.18 Å². The molecule has 4 nitrogen and oxygen atoms in total. The SMILES string of the molecule is [B][C@]1(Cc2ccc3cc(OCc4ccccc4F)ccc3c2)SC(=O)NC1=O. The molecule has 0 bridgehead atoms. The summed E-state index contributed by atoms with van der Waals surface area (Å²) in [7, 11) is 6.08. The standard InChI is InChI=1S/C21H15BFNO3S/c22-21(19(25)24-20(26)28-21)11-13-5-6-15-10-17(8-7-14(15)9-13)27-12-16-3-1-2-4-18(16)23/h1-10H,11-12H2,(H,24,25,26)/t21-/m1/s1. The van der Waals surface area contributed by atoms with Crippen LogP contribution in [0.2, 0.25) is 0 Å². The van der Waals surface area contributed by atoms with E-state index in [1.807, 2.05) is 36.4 Å². The minimum absolute atomic E-state index is 0.145. The molecule has 0 saturated carbocycles. The molecule has 0 aromatic heterocycles. The Morgan fingerprint density at radius 1 is 1.04 bits per heavy atom. The van der Waals surface area contributed by atoms with Crippen molar-refractivity contribution in [2.24, 2.45) is 0 Å². The lowest BCUT2D eigenvalue weighted by Gasteiger charge is -2.19. The van der Waals surface area contributed by atoms with Crippen molar-refractivity contribution in [3.63, 3.8) is 0 Å². The average molecular weight is 391 g/mol. The van der Waals surface area contributed by atoms with Crippen molar-refractivity contribution in [2.45, 2.75) is 17.7 Å². The van der Waals surface area contributed by atoms with Crippen molar-refractivity contribution in [2.75, 3.05) is 0 Å². The van der Waals surface area contributed by atoms with Gasteiger partial charge in [-0.15, -0.1) is 0 Å². The zero-order valence-corrected chi connectivity index (χ0v) is 15.6. The van der Waals surface area contributed by atoms with Crippen LogP contribution in [0.15, 0.2) is 60.7 Å². The van der Waals surface area contributed by atoms with Gasteiger partial charge < -0.3 is 4.74 Å². The zero-order valence-electron chi connectivity index (χ0n) is 14.8. The van der Waals surface area contributed by atoms with Crippen LogP contribution < -0.4 is 10.1 Å². The highest BCUT2D eigenvalue weighted by Crippen LogP contribution is 2.33. The Hall–Kier alpha value is -2.80. The molecule has 1 aliphatic rings. The summed E-state index contributed by atoms with van der Waals surface area (Å²) in [5, 5.41) is 3.69. The molecule has 0 aliphatic carbocycles. The first-order valence-corrected chi connectivity index (χ1v) is 9.47. The number of hydrogen-bond donors (Lipinski definition) is 1. The van der Waals surface area contributed by atoms with Crippen LogP contribution in [0.5, 0.6) is 5.75 Å². The molecule has 3 aromatic rings. The first-order valence-electron chi connectivity index (χ1n) is 8.65. The molecule has 4 rings (SSSR count). The molecule has 7 heteroatoms. The summed E-state index contributed by atoms with van der Waals surface area (Å²) in [5.74, 6) is -0.134. The first-order chi connectivity index (χ1) is 13.4. The number of imide groups is 1. The van der Waals surface area contributed by atoms with Gasteiger partial charge in [-0.05, 0) is 41.0 Å². The van der Waals surface area contributed by atoms with Crippen molar-refractivity contribution in [1.82, 2.24) is 5.32 Å². The molecule has 3 aromatic carbocycles. The Bertz CT molecular complexity index is 1090. The molecule has 28 heavy (non-hydrogen) atoms. The van der Waals surface area contributed by atoms with Crippen LogP contribution >= 0.6 is 11.8 Å².